The molecule has 1 saturated heterocycles. The molecule has 2 aromatic heterocycles. The van der Waals surface area contributed by atoms with E-state index in [2.05, 4.69) is 28.3 Å². The minimum atomic E-state index is -0.246. The van der Waals surface area contributed by atoms with Crippen LogP contribution in [0, 0.1) is 6.92 Å². The third-order valence-corrected chi connectivity index (χ3v) is 6.78. The predicted octanol–water partition coefficient (Wildman–Crippen LogP) is 5.20. The summed E-state index contributed by atoms with van der Waals surface area (Å²) in [5.41, 5.74) is 4.96. The van der Waals surface area contributed by atoms with Gasteiger partial charge in [0.2, 0.25) is 0 Å². The Balaban J connectivity index is 1.41. The molecular formula is C28H30N4O5. The van der Waals surface area contributed by atoms with Gasteiger partial charge in [-0.05, 0) is 44.4 Å². The number of amides is 1. The van der Waals surface area contributed by atoms with Gasteiger partial charge in [0, 0.05) is 53.6 Å². The summed E-state index contributed by atoms with van der Waals surface area (Å²) < 4.78 is 16.1. The van der Waals surface area contributed by atoms with Crippen LogP contribution in [0.4, 0.5) is 10.5 Å². The molecule has 37 heavy (non-hydrogen) atoms. The van der Waals surface area contributed by atoms with Gasteiger partial charge in [0.1, 0.15) is 5.75 Å². The van der Waals surface area contributed by atoms with E-state index in [9.17, 15) is 9.59 Å². The SMILES string of the molecule is CCOC(=O)N1CCC(Nc2cc(-c3cc(=O)c4cc(-c5cnco5)c(OC)cc4[nH]3)ccc2C)CC1. The normalized spacial score (nSPS) is 14.1. The van der Waals surface area contributed by atoms with E-state index in [1.807, 2.05) is 25.1 Å². The number of ether oxygens (including phenoxy) is 2. The van der Waals surface area contributed by atoms with Gasteiger partial charge in [-0.3, -0.25) is 4.79 Å². The van der Waals surface area contributed by atoms with E-state index in [1.165, 1.54) is 6.39 Å². The molecule has 0 atom stereocenters. The first kappa shape index (κ1) is 24.4. The number of hydrogen-bond acceptors (Lipinski definition) is 7. The number of carbonyl (C=O) groups is 1. The molecule has 5 rings (SSSR count). The average molecular weight is 503 g/mol. The summed E-state index contributed by atoms with van der Waals surface area (Å²) in [5.74, 6) is 1.11. The molecule has 1 aliphatic heterocycles. The number of nitrogens with zero attached hydrogens (tertiary/aromatic N) is 2. The number of aromatic amines is 1. The fourth-order valence-corrected chi connectivity index (χ4v) is 4.73. The number of nitrogens with one attached hydrogen (secondary N) is 2. The van der Waals surface area contributed by atoms with Crippen molar-refractivity contribution < 1.29 is 18.7 Å². The molecular weight excluding hydrogens is 472 g/mol. The molecule has 3 heterocycles. The molecule has 0 saturated carbocycles. The van der Waals surface area contributed by atoms with E-state index >= 15 is 0 Å². The number of oxazole rings is 1. The number of pyridine rings is 1. The van der Waals surface area contributed by atoms with Crippen molar-refractivity contribution in [1.82, 2.24) is 14.9 Å². The molecule has 1 amide bonds. The van der Waals surface area contributed by atoms with Crippen molar-refractivity contribution in [3.8, 4) is 28.3 Å². The molecule has 0 radical (unpaired) electrons. The van der Waals surface area contributed by atoms with Gasteiger partial charge >= 0.3 is 6.09 Å². The van der Waals surface area contributed by atoms with Crippen molar-refractivity contribution in [2.45, 2.75) is 32.7 Å². The van der Waals surface area contributed by atoms with Gasteiger partial charge in [0.25, 0.3) is 0 Å². The lowest BCUT2D eigenvalue weighted by molar-refractivity contribution is 0.0983. The highest BCUT2D eigenvalue weighted by atomic mass is 16.6. The smallest absolute Gasteiger partial charge is 0.409 e. The zero-order valence-corrected chi connectivity index (χ0v) is 21.2. The second kappa shape index (κ2) is 10.4. The predicted molar refractivity (Wildman–Crippen MR) is 142 cm³/mol. The van der Waals surface area contributed by atoms with E-state index in [0.29, 0.717) is 53.4 Å². The Bertz CT molecular complexity index is 1470. The lowest BCUT2D eigenvalue weighted by atomic mass is 10.0. The van der Waals surface area contributed by atoms with Gasteiger partial charge in [-0.15, -0.1) is 0 Å². The summed E-state index contributed by atoms with van der Waals surface area (Å²) >= 11 is 0. The second-order valence-electron chi connectivity index (χ2n) is 9.15. The van der Waals surface area contributed by atoms with Crippen LogP contribution < -0.4 is 15.5 Å². The van der Waals surface area contributed by atoms with Gasteiger partial charge in [0.05, 0.1) is 31.0 Å². The molecule has 2 N–H and O–H groups in total. The number of fused-ring (bicyclic) bond motifs is 1. The van der Waals surface area contributed by atoms with Crippen molar-refractivity contribution in [1.29, 1.82) is 0 Å². The van der Waals surface area contributed by atoms with Crippen LogP contribution in [0.3, 0.4) is 0 Å². The maximum Gasteiger partial charge on any atom is 0.409 e. The summed E-state index contributed by atoms with van der Waals surface area (Å²) in [6.07, 6.45) is 4.36. The Kier molecular flexibility index (Phi) is 6.85. The molecule has 192 valence electrons. The number of H-pyrrole nitrogens is 1. The van der Waals surface area contributed by atoms with Crippen LogP contribution in [0.1, 0.15) is 25.3 Å². The molecule has 9 heteroatoms. The van der Waals surface area contributed by atoms with Crippen molar-refractivity contribution in [3.63, 3.8) is 0 Å². The Hall–Kier alpha value is -4.27. The molecule has 0 unspecified atom stereocenters. The Morgan fingerprint density at radius 1 is 1.22 bits per heavy atom. The third-order valence-electron chi connectivity index (χ3n) is 6.78. The number of anilines is 1. The number of carbonyl (C=O) groups excluding carboxylic acids is 1. The van der Waals surface area contributed by atoms with Crippen LogP contribution in [0.25, 0.3) is 33.5 Å². The Morgan fingerprint density at radius 2 is 2.03 bits per heavy atom. The molecule has 0 bridgehead atoms. The number of methoxy groups -OCH3 is 1. The van der Waals surface area contributed by atoms with E-state index in [4.69, 9.17) is 13.9 Å². The van der Waals surface area contributed by atoms with Gasteiger partial charge in [-0.25, -0.2) is 9.78 Å². The van der Waals surface area contributed by atoms with Crippen LogP contribution in [-0.4, -0.2) is 53.8 Å². The van der Waals surface area contributed by atoms with Gasteiger partial charge in [-0.2, -0.15) is 0 Å². The first-order valence-electron chi connectivity index (χ1n) is 12.4. The number of hydrogen-bond donors (Lipinski definition) is 2. The van der Waals surface area contributed by atoms with Gasteiger partial charge in [-0.1, -0.05) is 12.1 Å². The summed E-state index contributed by atoms with van der Waals surface area (Å²) in [6, 6.07) is 11.5. The van der Waals surface area contributed by atoms with E-state index in [1.54, 1.807) is 30.3 Å². The highest BCUT2D eigenvalue weighted by Gasteiger charge is 2.24. The minimum Gasteiger partial charge on any atom is -0.496 e. The summed E-state index contributed by atoms with van der Waals surface area (Å²) in [7, 11) is 1.58. The lowest BCUT2D eigenvalue weighted by Gasteiger charge is -2.32. The topological polar surface area (TPSA) is 110 Å². The quantitative estimate of drug-likeness (QED) is 0.373. The molecule has 0 spiro atoms. The summed E-state index contributed by atoms with van der Waals surface area (Å²) in [5, 5.41) is 4.17. The van der Waals surface area contributed by atoms with Crippen molar-refractivity contribution in [2.75, 3.05) is 32.1 Å². The molecule has 1 aliphatic rings. The standard InChI is InChI=1S/C28H30N4O5/c1-4-36-28(34)32-9-7-19(8-10-32)30-22-11-18(6-5-17(22)2)23-13-25(33)20-12-21(27-15-29-16-37-27)26(35-3)14-24(20)31-23/h5-6,11-16,19,30H,4,7-10H2,1-3H3,(H,31,33). The zero-order chi connectivity index (χ0) is 25.9. The molecule has 9 nitrogen and oxygen atoms in total. The van der Waals surface area contributed by atoms with Crippen LogP contribution in [0.2, 0.25) is 0 Å². The van der Waals surface area contributed by atoms with E-state index < -0.39 is 0 Å². The van der Waals surface area contributed by atoms with Crippen molar-refractivity contribution in [2.24, 2.45) is 0 Å². The molecule has 1 fully saturated rings. The van der Waals surface area contributed by atoms with Gasteiger partial charge < -0.3 is 29.1 Å². The van der Waals surface area contributed by atoms with Crippen LogP contribution in [-0.2, 0) is 4.74 Å². The first-order chi connectivity index (χ1) is 18.0. The van der Waals surface area contributed by atoms with E-state index in [0.717, 1.165) is 29.7 Å². The average Bonchev–Trinajstić information content (AvgIpc) is 3.44. The minimum absolute atomic E-state index is 0.103. The number of piperidine rings is 1. The Morgan fingerprint density at radius 3 is 2.73 bits per heavy atom. The van der Waals surface area contributed by atoms with Crippen molar-refractivity contribution in [3.05, 3.63) is 64.8 Å². The van der Waals surface area contributed by atoms with Gasteiger partial charge in [0.15, 0.2) is 17.6 Å². The number of aryl methyl sites for hydroxylation is 1. The van der Waals surface area contributed by atoms with E-state index in [-0.39, 0.29) is 17.6 Å². The Labute approximate surface area is 214 Å². The number of rotatable bonds is 6. The third kappa shape index (κ3) is 5.02. The highest BCUT2D eigenvalue weighted by molar-refractivity contribution is 5.89. The maximum absolute atomic E-state index is 13.1. The fraction of sp³-hybridized carbons (Fsp3) is 0.321. The van der Waals surface area contributed by atoms with Crippen molar-refractivity contribution >= 4 is 22.7 Å². The molecule has 4 aromatic rings. The second-order valence-corrected chi connectivity index (χ2v) is 9.15. The number of aromatic nitrogens is 2. The molecule has 0 aliphatic carbocycles. The van der Waals surface area contributed by atoms with Crippen LogP contribution in [0.15, 0.2) is 58.2 Å². The monoisotopic (exact) mass is 502 g/mol. The van der Waals surface area contributed by atoms with Crippen LogP contribution in [0.5, 0.6) is 5.75 Å². The number of benzene rings is 2. The highest BCUT2D eigenvalue weighted by Crippen LogP contribution is 2.34. The zero-order valence-electron chi connectivity index (χ0n) is 21.2. The lowest BCUT2D eigenvalue weighted by Crippen LogP contribution is -2.42. The fourth-order valence-electron chi connectivity index (χ4n) is 4.73. The largest absolute Gasteiger partial charge is 0.496 e. The number of likely N-dealkylation sites (tertiary alicyclic amines) is 1. The maximum atomic E-state index is 13.1. The first-order valence-corrected chi connectivity index (χ1v) is 12.4. The molecule has 2 aromatic carbocycles. The summed E-state index contributed by atoms with van der Waals surface area (Å²) in [6.45, 7) is 5.57. The summed E-state index contributed by atoms with van der Waals surface area (Å²) in [4.78, 5) is 34.3. The van der Waals surface area contributed by atoms with Crippen LogP contribution >= 0.6 is 0 Å².